The van der Waals surface area contributed by atoms with Crippen LogP contribution in [0.5, 0.6) is 0 Å². The molecule has 0 heterocycles. The molecule has 2 atom stereocenters. The summed E-state index contributed by atoms with van der Waals surface area (Å²) in [6, 6.07) is 18.1. The maximum Gasteiger partial charge on any atom is -0.0124 e. The van der Waals surface area contributed by atoms with Crippen molar-refractivity contribution in [3.63, 3.8) is 0 Å². The van der Waals surface area contributed by atoms with Gasteiger partial charge in [0.2, 0.25) is 0 Å². The minimum atomic E-state index is 0.541. The molecule has 0 radical (unpaired) electrons. The van der Waals surface area contributed by atoms with Crippen LogP contribution in [0.2, 0.25) is 0 Å². The number of hydrogen-bond donors (Lipinski definition) is 0. The molecular formula is C20H26. The fraction of sp³-hybridized carbons (Fsp3) is 0.400. The van der Waals surface area contributed by atoms with Crippen molar-refractivity contribution >= 4 is 0 Å². The minimum absolute atomic E-state index is 0.541. The molecule has 0 saturated heterocycles. The number of rotatable bonds is 4. The van der Waals surface area contributed by atoms with Gasteiger partial charge < -0.3 is 0 Å². The normalized spacial score (nSPS) is 14.3. The van der Waals surface area contributed by atoms with Gasteiger partial charge in [0.05, 0.1) is 0 Å². The molecule has 0 aliphatic carbocycles. The van der Waals surface area contributed by atoms with E-state index in [0.717, 1.165) is 0 Å². The third kappa shape index (κ3) is 3.30. The lowest BCUT2D eigenvalue weighted by atomic mass is 9.83. The van der Waals surface area contributed by atoms with Crippen molar-refractivity contribution in [1.82, 2.24) is 0 Å². The van der Waals surface area contributed by atoms with Gasteiger partial charge in [-0.25, -0.2) is 0 Å². The van der Waals surface area contributed by atoms with Gasteiger partial charge >= 0.3 is 0 Å². The maximum atomic E-state index is 2.33. The molecule has 2 unspecified atom stereocenters. The second-order valence-corrected chi connectivity index (χ2v) is 6.31. The van der Waals surface area contributed by atoms with Crippen LogP contribution in [-0.2, 0) is 0 Å². The summed E-state index contributed by atoms with van der Waals surface area (Å²) < 4.78 is 0. The lowest BCUT2D eigenvalue weighted by Gasteiger charge is -2.21. The van der Waals surface area contributed by atoms with E-state index < -0.39 is 0 Å². The van der Waals surface area contributed by atoms with Crippen molar-refractivity contribution in [3.05, 3.63) is 70.8 Å². The third-order valence-corrected chi connectivity index (χ3v) is 4.48. The van der Waals surface area contributed by atoms with Crippen molar-refractivity contribution in [2.45, 2.75) is 52.4 Å². The molecule has 0 heteroatoms. The van der Waals surface area contributed by atoms with Gasteiger partial charge in [0, 0.05) is 0 Å². The highest BCUT2D eigenvalue weighted by atomic mass is 14.2. The summed E-state index contributed by atoms with van der Waals surface area (Å²) >= 11 is 0. The first-order chi connectivity index (χ1) is 9.49. The molecule has 20 heavy (non-hydrogen) atoms. The van der Waals surface area contributed by atoms with Gasteiger partial charge in [0.25, 0.3) is 0 Å². The standard InChI is InChI=1S/C20H26/c1-14(2)18-10-12-20(13-11-18)17(5)16(4)19-8-6-15(3)7-9-19/h6-14,16-17H,1-5H3. The van der Waals surface area contributed by atoms with Crippen LogP contribution in [0.1, 0.15) is 67.7 Å². The van der Waals surface area contributed by atoms with Crippen molar-refractivity contribution in [1.29, 1.82) is 0 Å². The predicted molar refractivity (Wildman–Crippen MR) is 88.5 cm³/mol. The highest BCUT2D eigenvalue weighted by Crippen LogP contribution is 2.32. The second kappa shape index (κ2) is 6.26. The SMILES string of the molecule is Cc1ccc(C(C)C(C)c2ccc(C(C)C)cc2)cc1. The van der Waals surface area contributed by atoms with Gasteiger partial charge in [-0.1, -0.05) is 81.8 Å². The Morgan fingerprint density at radius 2 is 0.900 bits per heavy atom. The van der Waals surface area contributed by atoms with Crippen LogP contribution in [0.4, 0.5) is 0 Å². The molecule has 0 aliphatic rings. The average molecular weight is 266 g/mol. The molecule has 0 saturated carbocycles. The molecule has 0 spiro atoms. The second-order valence-electron chi connectivity index (χ2n) is 6.31. The molecule has 0 aliphatic heterocycles. The van der Waals surface area contributed by atoms with E-state index in [1.165, 1.54) is 22.3 Å². The number of aryl methyl sites for hydroxylation is 1. The summed E-state index contributed by atoms with van der Waals surface area (Å²) in [5, 5.41) is 0. The minimum Gasteiger partial charge on any atom is -0.0590 e. The van der Waals surface area contributed by atoms with E-state index in [-0.39, 0.29) is 0 Å². The van der Waals surface area contributed by atoms with Crippen molar-refractivity contribution in [3.8, 4) is 0 Å². The Hall–Kier alpha value is -1.56. The first-order valence-electron chi connectivity index (χ1n) is 7.65. The smallest absolute Gasteiger partial charge is 0.0124 e. The molecular weight excluding hydrogens is 240 g/mol. The predicted octanol–water partition coefficient (Wildman–Crippen LogP) is 6.03. The fourth-order valence-corrected chi connectivity index (χ4v) is 2.63. The highest BCUT2D eigenvalue weighted by molar-refractivity contribution is 5.31. The van der Waals surface area contributed by atoms with Crippen LogP contribution in [-0.4, -0.2) is 0 Å². The largest absolute Gasteiger partial charge is 0.0590 e. The van der Waals surface area contributed by atoms with Crippen LogP contribution >= 0.6 is 0 Å². The third-order valence-electron chi connectivity index (χ3n) is 4.48. The Bertz CT molecular complexity index is 531. The Balaban J connectivity index is 2.17. The lowest BCUT2D eigenvalue weighted by Crippen LogP contribution is -2.05. The zero-order chi connectivity index (χ0) is 14.7. The lowest BCUT2D eigenvalue weighted by molar-refractivity contribution is 0.623. The molecule has 2 rings (SSSR count). The Kier molecular flexibility index (Phi) is 4.65. The van der Waals surface area contributed by atoms with E-state index in [9.17, 15) is 0 Å². The van der Waals surface area contributed by atoms with E-state index in [1.54, 1.807) is 0 Å². The zero-order valence-electron chi connectivity index (χ0n) is 13.4. The van der Waals surface area contributed by atoms with Gasteiger partial charge in [-0.2, -0.15) is 0 Å². The van der Waals surface area contributed by atoms with Gasteiger partial charge in [-0.3, -0.25) is 0 Å². The molecule has 2 aromatic carbocycles. The van der Waals surface area contributed by atoms with E-state index >= 15 is 0 Å². The van der Waals surface area contributed by atoms with Crippen LogP contribution < -0.4 is 0 Å². The summed E-state index contributed by atoms with van der Waals surface area (Å²) in [6.07, 6.45) is 0. The number of benzene rings is 2. The summed E-state index contributed by atoms with van der Waals surface area (Å²) in [6.45, 7) is 11.3. The van der Waals surface area contributed by atoms with E-state index in [4.69, 9.17) is 0 Å². The van der Waals surface area contributed by atoms with Gasteiger partial charge in [-0.05, 0) is 41.4 Å². The highest BCUT2D eigenvalue weighted by Gasteiger charge is 2.16. The van der Waals surface area contributed by atoms with Crippen LogP contribution in [0.15, 0.2) is 48.5 Å². The fourth-order valence-electron chi connectivity index (χ4n) is 2.63. The molecule has 0 amide bonds. The van der Waals surface area contributed by atoms with Gasteiger partial charge in [0.15, 0.2) is 0 Å². The molecule has 2 aromatic rings. The van der Waals surface area contributed by atoms with E-state index in [2.05, 4.69) is 83.1 Å². The number of hydrogen-bond acceptors (Lipinski definition) is 0. The maximum absolute atomic E-state index is 2.33. The van der Waals surface area contributed by atoms with Crippen molar-refractivity contribution < 1.29 is 0 Å². The summed E-state index contributed by atoms with van der Waals surface area (Å²) in [5.74, 6) is 1.69. The van der Waals surface area contributed by atoms with E-state index in [0.29, 0.717) is 17.8 Å². The van der Waals surface area contributed by atoms with Crippen LogP contribution in [0.25, 0.3) is 0 Å². The zero-order valence-corrected chi connectivity index (χ0v) is 13.4. The Morgan fingerprint density at radius 1 is 0.550 bits per heavy atom. The van der Waals surface area contributed by atoms with Crippen molar-refractivity contribution in [2.75, 3.05) is 0 Å². The Labute approximate surface area is 123 Å². The molecule has 0 aromatic heterocycles. The van der Waals surface area contributed by atoms with Crippen LogP contribution in [0.3, 0.4) is 0 Å². The quantitative estimate of drug-likeness (QED) is 0.634. The van der Waals surface area contributed by atoms with E-state index in [1.807, 2.05) is 0 Å². The first-order valence-corrected chi connectivity index (χ1v) is 7.65. The molecule has 0 fully saturated rings. The first kappa shape index (κ1) is 14.8. The topological polar surface area (TPSA) is 0 Å². The summed E-state index contributed by atoms with van der Waals surface area (Å²) in [5.41, 5.74) is 5.61. The molecule has 0 nitrogen and oxygen atoms in total. The van der Waals surface area contributed by atoms with Crippen molar-refractivity contribution in [2.24, 2.45) is 0 Å². The van der Waals surface area contributed by atoms with Crippen LogP contribution in [0, 0.1) is 6.92 Å². The summed E-state index contributed by atoms with van der Waals surface area (Å²) in [7, 11) is 0. The molecule has 0 bridgehead atoms. The Morgan fingerprint density at radius 3 is 1.30 bits per heavy atom. The molecule has 0 N–H and O–H groups in total. The molecule has 106 valence electrons. The van der Waals surface area contributed by atoms with Gasteiger partial charge in [0.1, 0.15) is 0 Å². The average Bonchev–Trinajstić information content (AvgIpc) is 2.46. The summed E-state index contributed by atoms with van der Waals surface area (Å²) in [4.78, 5) is 0. The van der Waals surface area contributed by atoms with Gasteiger partial charge in [-0.15, -0.1) is 0 Å². The monoisotopic (exact) mass is 266 g/mol.